The Morgan fingerprint density at radius 3 is 2.70 bits per heavy atom. The second kappa shape index (κ2) is 6.76. The number of cyclic esters (lactones) is 1. The van der Waals surface area contributed by atoms with Crippen LogP contribution in [0, 0.1) is 5.82 Å². The second-order valence-corrected chi connectivity index (χ2v) is 6.13. The number of hydrogen-bond acceptors (Lipinski definition) is 7. The van der Waals surface area contributed by atoms with Crippen molar-refractivity contribution in [2.24, 2.45) is 5.10 Å². The van der Waals surface area contributed by atoms with Crippen LogP contribution >= 0.6 is 0 Å². The van der Waals surface area contributed by atoms with Crippen molar-refractivity contribution in [2.75, 3.05) is 41.0 Å². The fraction of sp³-hybridized carbons (Fsp3) is 0.312. The van der Waals surface area contributed by atoms with Crippen molar-refractivity contribution >= 4 is 29.6 Å². The SMILES string of the molecule is O=C1O[C@@H](CO)CN1c1ccc(N2C=NN(c3cc(=O)[nH][nH]3)CC2)c(F)c1. The van der Waals surface area contributed by atoms with E-state index in [-0.39, 0.29) is 18.7 Å². The summed E-state index contributed by atoms with van der Waals surface area (Å²) in [6, 6.07) is 5.81. The number of nitrogens with zero attached hydrogens (tertiary/aromatic N) is 4. The van der Waals surface area contributed by atoms with Gasteiger partial charge in [-0.2, -0.15) is 5.10 Å². The van der Waals surface area contributed by atoms with E-state index in [1.165, 1.54) is 23.4 Å². The van der Waals surface area contributed by atoms with Gasteiger partial charge in [-0.05, 0) is 18.2 Å². The van der Waals surface area contributed by atoms with Gasteiger partial charge in [0, 0.05) is 12.6 Å². The summed E-state index contributed by atoms with van der Waals surface area (Å²) in [6.45, 7) is 0.784. The summed E-state index contributed by atoms with van der Waals surface area (Å²) in [6.07, 6.45) is 0.246. The topological polar surface area (TPSA) is 117 Å². The van der Waals surface area contributed by atoms with E-state index in [1.807, 2.05) is 0 Å². The number of anilines is 3. The van der Waals surface area contributed by atoms with E-state index in [1.54, 1.807) is 22.0 Å². The average molecular weight is 376 g/mol. The number of ether oxygens (including phenoxy) is 1. The van der Waals surface area contributed by atoms with Gasteiger partial charge in [-0.1, -0.05) is 0 Å². The van der Waals surface area contributed by atoms with E-state index in [9.17, 15) is 14.0 Å². The largest absolute Gasteiger partial charge is 0.441 e. The summed E-state index contributed by atoms with van der Waals surface area (Å²) in [7, 11) is 0. The van der Waals surface area contributed by atoms with Crippen LogP contribution in [0.3, 0.4) is 0 Å². The molecule has 142 valence electrons. The Morgan fingerprint density at radius 2 is 2.11 bits per heavy atom. The smallest absolute Gasteiger partial charge is 0.414 e. The van der Waals surface area contributed by atoms with E-state index in [0.717, 1.165) is 0 Å². The molecule has 0 radical (unpaired) electrons. The van der Waals surface area contributed by atoms with Crippen LogP contribution in [-0.2, 0) is 4.74 Å². The molecule has 3 N–H and O–H groups in total. The van der Waals surface area contributed by atoms with Crippen LogP contribution in [0.15, 0.2) is 34.2 Å². The second-order valence-electron chi connectivity index (χ2n) is 6.13. The highest BCUT2D eigenvalue weighted by Gasteiger charge is 2.32. The van der Waals surface area contributed by atoms with Gasteiger partial charge in [0.15, 0.2) is 0 Å². The fourth-order valence-electron chi connectivity index (χ4n) is 2.99. The molecule has 2 aliphatic heterocycles. The molecule has 0 aliphatic carbocycles. The molecule has 0 spiro atoms. The van der Waals surface area contributed by atoms with E-state index < -0.39 is 18.0 Å². The number of hydrogen-bond donors (Lipinski definition) is 3. The molecule has 11 heteroatoms. The Bertz CT molecular complexity index is 941. The van der Waals surface area contributed by atoms with Gasteiger partial charge in [-0.15, -0.1) is 0 Å². The number of aliphatic hydroxyl groups is 1. The van der Waals surface area contributed by atoms with Crippen LogP contribution in [0.25, 0.3) is 0 Å². The zero-order valence-electron chi connectivity index (χ0n) is 14.1. The number of carbonyl (C=O) groups is 1. The molecule has 1 amide bonds. The van der Waals surface area contributed by atoms with Gasteiger partial charge >= 0.3 is 6.09 Å². The van der Waals surface area contributed by atoms with Crippen molar-refractivity contribution in [3.63, 3.8) is 0 Å². The van der Waals surface area contributed by atoms with Crippen LogP contribution in [0.4, 0.5) is 26.4 Å². The minimum absolute atomic E-state index is 0.170. The van der Waals surface area contributed by atoms with Crippen LogP contribution in [0.1, 0.15) is 0 Å². The molecule has 2 aliphatic rings. The molecule has 1 atom stereocenters. The molecule has 10 nitrogen and oxygen atoms in total. The zero-order chi connectivity index (χ0) is 19.0. The van der Waals surface area contributed by atoms with Gasteiger partial charge in [0.05, 0.1) is 31.1 Å². The van der Waals surface area contributed by atoms with Gasteiger partial charge in [0.25, 0.3) is 5.56 Å². The maximum absolute atomic E-state index is 14.6. The van der Waals surface area contributed by atoms with Gasteiger partial charge in [0.2, 0.25) is 0 Å². The summed E-state index contributed by atoms with van der Waals surface area (Å²) < 4.78 is 19.6. The van der Waals surface area contributed by atoms with Crippen molar-refractivity contribution in [3.05, 3.63) is 40.4 Å². The Balaban J connectivity index is 1.50. The van der Waals surface area contributed by atoms with E-state index >= 15 is 0 Å². The van der Waals surface area contributed by atoms with Crippen LogP contribution < -0.4 is 20.4 Å². The standard InChI is InChI=1S/C16H17FN6O4/c17-12-5-10(22-7-11(8-24)27-16(22)26)1-2-13(12)21-3-4-23(18-9-21)14-6-15(25)20-19-14/h1-2,5-6,9,11,24H,3-4,7-8H2,(H2,19,20,25)/t11-/m1/s1. The lowest BCUT2D eigenvalue weighted by Gasteiger charge is -2.29. The highest BCUT2D eigenvalue weighted by Crippen LogP contribution is 2.28. The number of benzene rings is 1. The molecule has 0 bridgehead atoms. The Labute approximate surface area is 152 Å². The summed E-state index contributed by atoms with van der Waals surface area (Å²) in [4.78, 5) is 25.9. The van der Waals surface area contributed by atoms with Crippen molar-refractivity contribution in [1.82, 2.24) is 10.2 Å². The summed E-state index contributed by atoms with van der Waals surface area (Å²) in [5, 5.41) is 20.0. The van der Waals surface area contributed by atoms with Crippen molar-refractivity contribution in [1.29, 1.82) is 0 Å². The first-order chi connectivity index (χ1) is 13.0. The number of halogens is 1. The Hall–Kier alpha value is -3.34. The number of carbonyl (C=O) groups excluding carboxylic acids is 1. The predicted octanol–water partition coefficient (Wildman–Crippen LogP) is 0.429. The fourth-order valence-corrected chi connectivity index (χ4v) is 2.99. The third kappa shape index (κ3) is 3.24. The lowest BCUT2D eigenvalue weighted by atomic mass is 10.2. The molecule has 2 aromatic rings. The molecule has 0 saturated carbocycles. The molecule has 1 aromatic carbocycles. The molecule has 1 saturated heterocycles. The monoisotopic (exact) mass is 376 g/mol. The third-order valence-electron chi connectivity index (χ3n) is 4.37. The van der Waals surface area contributed by atoms with Crippen molar-refractivity contribution < 1.29 is 19.0 Å². The molecular formula is C16H17FN6O4. The van der Waals surface area contributed by atoms with Gasteiger partial charge < -0.3 is 14.7 Å². The number of nitrogens with one attached hydrogen (secondary N) is 2. The lowest BCUT2D eigenvalue weighted by molar-refractivity contribution is 0.0963. The Kier molecular flexibility index (Phi) is 4.28. The number of rotatable bonds is 4. The molecule has 4 rings (SSSR count). The number of amides is 1. The lowest BCUT2D eigenvalue weighted by Crippen LogP contribution is -2.38. The van der Waals surface area contributed by atoms with E-state index in [2.05, 4.69) is 15.3 Å². The number of aliphatic hydroxyl groups excluding tert-OH is 1. The number of aromatic amines is 2. The average Bonchev–Trinajstić information content (AvgIpc) is 3.27. The zero-order valence-corrected chi connectivity index (χ0v) is 14.1. The first kappa shape index (κ1) is 17.1. The molecule has 1 aromatic heterocycles. The number of aromatic nitrogens is 2. The first-order valence-corrected chi connectivity index (χ1v) is 8.29. The summed E-state index contributed by atoms with van der Waals surface area (Å²) in [5.41, 5.74) is 0.418. The first-order valence-electron chi connectivity index (χ1n) is 8.29. The molecule has 1 fully saturated rings. The molecule has 0 unspecified atom stereocenters. The number of H-pyrrole nitrogens is 2. The summed E-state index contributed by atoms with van der Waals surface area (Å²) in [5.74, 6) is 0.0143. The van der Waals surface area contributed by atoms with Crippen LogP contribution in [0.2, 0.25) is 0 Å². The normalized spacial score (nSPS) is 19.7. The van der Waals surface area contributed by atoms with Crippen molar-refractivity contribution in [2.45, 2.75) is 6.10 Å². The highest BCUT2D eigenvalue weighted by atomic mass is 19.1. The third-order valence-corrected chi connectivity index (χ3v) is 4.37. The van der Waals surface area contributed by atoms with E-state index in [4.69, 9.17) is 9.84 Å². The number of hydrazone groups is 1. The maximum Gasteiger partial charge on any atom is 0.414 e. The molecular weight excluding hydrogens is 359 g/mol. The Morgan fingerprint density at radius 1 is 1.26 bits per heavy atom. The molecule has 3 heterocycles. The van der Waals surface area contributed by atoms with Crippen LogP contribution in [-0.4, -0.2) is 60.1 Å². The van der Waals surface area contributed by atoms with Gasteiger partial charge in [0.1, 0.15) is 24.1 Å². The highest BCUT2D eigenvalue weighted by molar-refractivity contribution is 5.90. The maximum atomic E-state index is 14.6. The minimum atomic E-state index is -0.614. The van der Waals surface area contributed by atoms with Crippen LogP contribution in [0.5, 0.6) is 0 Å². The minimum Gasteiger partial charge on any atom is -0.441 e. The predicted molar refractivity (Wildman–Crippen MR) is 95.7 cm³/mol. The molecule has 27 heavy (non-hydrogen) atoms. The van der Waals surface area contributed by atoms with E-state index in [0.29, 0.717) is 30.3 Å². The van der Waals surface area contributed by atoms with Gasteiger partial charge in [-0.25, -0.2) is 14.2 Å². The van der Waals surface area contributed by atoms with Gasteiger partial charge in [-0.3, -0.25) is 19.9 Å². The summed E-state index contributed by atoms with van der Waals surface area (Å²) >= 11 is 0. The quantitative estimate of drug-likeness (QED) is 0.712. The van der Waals surface area contributed by atoms with Crippen molar-refractivity contribution in [3.8, 4) is 0 Å².